The second-order valence-electron chi connectivity index (χ2n) is 14.2. The number of ether oxygens (including phenoxy) is 4. The summed E-state index contributed by atoms with van der Waals surface area (Å²) in [7, 11) is 10.6. The molecule has 2 atom stereocenters. The van der Waals surface area contributed by atoms with Crippen molar-refractivity contribution in [3.05, 3.63) is 63.5 Å². The van der Waals surface area contributed by atoms with E-state index in [1.807, 2.05) is 48.5 Å². The molecule has 2 aromatic heterocycles. The van der Waals surface area contributed by atoms with E-state index < -0.39 is 0 Å². The number of hydrogen-bond donors (Lipinski definition) is 5. The molecule has 0 saturated heterocycles. The number of H-pyrrole nitrogens is 1. The zero-order chi connectivity index (χ0) is 38.4. The fourth-order valence-corrected chi connectivity index (χ4v) is 5.74. The average Bonchev–Trinajstić information content (AvgIpc) is 3.74. The number of benzene rings is 2. The summed E-state index contributed by atoms with van der Waals surface area (Å²) in [4.78, 5) is 0. The first kappa shape index (κ1) is 43.5. The molecule has 0 bridgehead atoms. The second kappa shape index (κ2) is 20.4. The first-order valence-corrected chi connectivity index (χ1v) is 18.2. The summed E-state index contributed by atoms with van der Waals surface area (Å²) in [5, 5.41) is 18.0. The predicted molar refractivity (Wildman–Crippen MR) is 218 cm³/mol. The van der Waals surface area contributed by atoms with Crippen molar-refractivity contribution in [1.29, 1.82) is 0 Å². The number of hydrogen-bond acceptors (Lipinski definition) is 10. The quantitative estimate of drug-likeness (QED) is 0.122. The Labute approximate surface area is 318 Å². The van der Waals surface area contributed by atoms with Crippen LogP contribution in [0.25, 0.3) is 5.69 Å². The maximum absolute atomic E-state index is 6.06. The number of nitrogens with zero attached hydrogens (tertiary/aromatic N) is 3. The van der Waals surface area contributed by atoms with Gasteiger partial charge in [0.05, 0.1) is 39.8 Å². The monoisotopic (exact) mass is 820 g/mol. The number of nitrogens with two attached hydrogens (primary N) is 2. The SMILES string of the molecule is CC(C)(C)c1cc(N)n[nH]1.CN[C@@H]1CCCC[C@H]1NC.COc1ccc(-n2nc(C(C)(C)C)cc2N)cc1OC.COc1ccc(I)cc1OC. The molecule has 13 heteroatoms. The van der Waals surface area contributed by atoms with E-state index >= 15 is 0 Å². The summed E-state index contributed by atoms with van der Waals surface area (Å²) < 4.78 is 23.5. The van der Waals surface area contributed by atoms with Crippen LogP contribution in [0.4, 0.5) is 11.6 Å². The van der Waals surface area contributed by atoms with E-state index in [1.54, 1.807) is 33.1 Å². The smallest absolute Gasteiger partial charge is 0.162 e. The standard InChI is InChI=1S/C15H21N3O2.C8H9IO2.C8H18N2.C7H13N3/c1-15(2,3)13-9-14(16)18(17-13)10-6-7-11(19-4)12(8-10)20-5;1-10-7-4-3-6(9)5-8(7)11-2;1-9-7-5-3-4-6-8(7)10-2;1-7(2,3)5-4-6(8)10-9-5/h6-9H,16H2,1-5H3;3-5H,1-2H3;7-10H,3-6H2,1-2H3;4H,1-3H3,(H3,8,9,10)/t;;7-,8-;/m..1./s1. The van der Waals surface area contributed by atoms with Gasteiger partial charge in [-0.1, -0.05) is 54.4 Å². The number of likely N-dealkylation sites (N-methyl/N-ethyl adjacent to an activating group) is 2. The lowest BCUT2D eigenvalue weighted by molar-refractivity contribution is 0.309. The van der Waals surface area contributed by atoms with Gasteiger partial charge in [0.1, 0.15) is 11.6 Å². The maximum atomic E-state index is 6.06. The summed E-state index contributed by atoms with van der Waals surface area (Å²) in [5.41, 5.74) is 14.4. The van der Waals surface area contributed by atoms with Crippen molar-refractivity contribution in [3.63, 3.8) is 0 Å². The van der Waals surface area contributed by atoms with Crippen molar-refractivity contribution in [3.8, 4) is 28.7 Å². The van der Waals surface area contributed by atoms with Crippen LogP contribution in [0, 0.1) is 3.57 Å². The van der Waals surface area contributed by atoms with Crippen LogP contribution in [0.1, 0.15) is 78.6 Å². The van der Waals surface area contributed by atoms with E-state index in [2.05, 4.69) is 104 Å². The fourth-order valence-electron chi connectivity index (χ4n) is 5.28. The molecule has 2 aromatic carbocycles. The van der Waals surface area contributed by atoms with Crippen LogP contribution in [0.5, 0.6) is 23.0 Å². The third kappa shape index (κ3) is 13.4. The number of aromatic amines is 1. The van der Waals surface area contributed by atoms with Gasteiger partial charge in [-0.3, -0.25) is 5.10 Å². The molecule has 0 radical (unpaired) electrons. The highest BCUT2D eigenvalue weighted by atomic mass is 127. The van der Waals surface area contributed by atoms with Gasteiger partial charge < -0.3 is 41.0 Å². The van der Waals surface area contributed by atoms with E-state index in [0.717, 1.165) is 32.1 Å². The van der Waals surface area contributed by atoms with Gasteiger partial charge in [0.15, 0.2) is 23.0 Å². The number of methoxy groups -OCH3 is 4. The molecule has 1 fully saturated rings. The van der Waals surface area contributed by atoms with Gasteiger partial charge in [-0.2, -0.15) is 10.2 Å². The number of rotatable bonds is 7. The molecule has 0 unspecified atom stereocenters. The largest absolute Gasteiger partial charge is 0.493 e. The summed E-state index contributed by atoms with van der Waals surface area (Å²) in [6, 6.07) is 16.6. The van der Waals surface area contributed by atoms with Gasteiger partial charge in [-0.15, -0.1) is 0 Å². The Morgan fingerprint density at radius 3 is 1.63 bits per heavy atom. The van der Waals surface area contributed by atoms with Crippen LogP contribution < -0.4 is 41.0 Å². The molecule has 7 N–H and O–H groups in total. The molecule has 4 aromatic rings. The van der Waals surface area contributed by atoms with E-state index in [-0.39, 0.29) is 10.8 Å². The number of anilines is 2. The normalized spacial score (nSPS) is 15.5. The van der Waals surface area contributed by atoms with Gasteiger partial charge in [0, 0.05) is 50.4 Å². The van der Waals surface area contributed by atoms with Crippen molar-refractivity contribution in [1.82, 2.24) is 30.6 Å². The molecule has 1 aliphatic carbocycles. The van der Waals surface area contributed by atoms with E-state index in [1.165, 1.54) is 25.7 Å². The van der Waals surface area contributed by atoms with Crippen molar-refractivity contribution < 1.29 is 18.9 Å². The third-order valence-electron chi connectivity index (χ3n) is 8.38. The van der Waals surface area contributed by atoms with Crippen LogP contribution in [-0.4, -0.2) is 74.6 Å². The Morgan fingerprint density at radius 1 is 0.725 bits per heavy atom. The highest BCUT2D eigenvalue weighted by molar-refractivity contribution is 14.1. The van der Waals surface area contributed by atoms with E-state index in [9.17, 15) is 0 Å². The van der Waals surface area contributed by atoms with E-state index in [0.29, 0.717) is 35.2 Å². The number of nitrogen functional groups attached to an aromatic ring is 2. The summed E-state index contributed by atoms with van der Waals surface area (Å²) >= 11 is 2.23. The molecule has 0 spiro atoms. The van der Waals surface area contributed by atoms with Crippen LogP contribution in [0.2, 0.25) is 0 Å². The van der Waals surface area contributed by atoms with Gasteiger partial charge in [0.25, 0.3) is 0 Å². The Hall–Kier alpha value is -3.69. The molecule has 1 saturated carbocycles. The molecule has 5 rings (SSSR count). The van der Waals surface area contributed by atoms with Crippen molar-refractivity contribution in [2.24, 2.45) is 0 Å². The molecule has 12 nitrogen and oxygen atoms in total. The van der Waals surface area contributed by atoms with Crippen molar-refractivity contribution in [2.75, 3.05) is 54.0 Å². The lowest BCUT2D eigenvalue weighted by atomic mass is 9.91. The molecule has 0 amide bonds. The Kier molecular flexibility index (Phi) is 17.4. The topological polar surface area (TPSA) is 160 Å². The molecular weight excluding hydrogens is 759 g/mol. The predicted octanol–water partition coefficient (Wildman–Crippen LogP) is 7.10. The number of halogens is 1. The van der Waals surface area contributed by atoms with Crippen LogP contribution in [0.15, 0.2) is 48.5 Å². The Balaban J connectivity index is 0.000000250. The molecule has 2 heterocycles. The van der Waals surface area contributed by atoms with Gasteiger partial charge in [-0.05, 0) is 79.9 Å². The Bertz CT molecular complexity index is 1600. The lowest BCUT2D eigenvalue weighted by Crippen LogP contribution is -2.47. The highest BCUT2D eigenvalue weighted by Gasteiger charge is 2.22. The molecular formula is C38H61IN8O4. The minimum absolute atomic E-state index is 0.0457. The van der Waals surface area contributed by atoms with E-state index in [4.69, 9.17) is 30.4 Å². The number of nitrogens with one attached hydrogen (secondary N) is 3. The second-order valence-corrected chi connectivity index (χ2v) is 15.4. The molecule has 1 aliphatic rings. The molecule has 51 heavy (non-hydrogen) atoms. The number of aromatic nitrogens is 4. The summed E-state index contributed by atoms with van der Waals surface area (Å²) in [6.45, 7) is 12.6. The zero-order valence-electron chi connectivity index (χ0n) is 32.6. The molecule has 0 aliphatic heterocycles. The highest BCUT2D eigenvalue weighted by Crippen LogP contribution is 2.31. The average molecular weight is 821 g/mol. The van der Waals surface area contributed by atoms with Crippen LogP contribution in [-0.2, 0) is 10.8 Å². The van der Waals surface area contributed by atoms with Crippen molar-refractivity contribution in [2.45, 2.75) is 90.1 Å². The van der Waals surface area contributed by atoms with Gasteiger partial charge >= 0.3 is 0 Å². The lowest BCUT2D eigenvalue weighted by Gasteiger charge is -2.30. The van der Waals surface area contributed by atoms with Gasteiger partial charge in [0.2, 0.25) is 0 Å². The van der Waals surface area contributed by atoms with Crippen LogP contribution >= 0.6 is 22.6 Å². The summed E-state index contributed by atoms with van der Waals surface area (Å²) in [5.74, 6) is 4.04. The third-order valence-corrected chi connectivity index (χ3v) is 9.05. The summed E-state index contributed by atoms with van der Waals surface area (Å²) in [6.07, 6.45) is 5.46. The van der Waals surface area contributed by atoms with Crippen molar-refractivity contribution >= 4 is 34.2 Å². The first-order valence-electron chi connectivity index (χ1n) is 17.1. The minimum atomic E-state index is -0.0457. The maximum Gasteiger partial charge on any atom is 0.162 e. The minimum Gasteiger partial charge on any atom is -0.493 e. The fraction of sp³-hybridized carbons (Fsp3) is 0.526. The van der Waals surface area contributed by atoms with Gasteiger partial charge in [-0.25, -0.2) is 4.68 Å². The molecule has 284 valence electrons. The zero-order valence-corrected chi connectivity index (χ0v) is 34.8. The Morgan fingerprint density at radius 2 is 1.24 bits per heavy atom. The first-order chi connectivity index (χ1) is 24.0. The van der Waals surface area contributed by atoms with Crippen LogP contribution in [0.3, 0.4) is 0 Å².